The average molecular weight is 299 g/mol. The highest BCUT2D eigenvalue weighted by Crippen LogP contribution is 2.21. The molecule has 0 aromatic heterocycles. The van der Waals surface area contributed by atoms with Crippen molar-refractivity contribution in [1.82, 2.24) is 0 Å². The number of rotatable bonds is 5. The first-order valence-electron chi connectivity index (χ1n) is 8.19. The molecule has 1 fully saturated rings. The molecule has 1 aromatic rings. The number of quaternary nitrogens is 1. The Morgan fingerprint density at radius 3 is 2.68 bits per heavy atom. The van der Waals surface area contributed by atoms with E-state index in [1.54, 1.807) is 0 Å². The lowest BCUT2D eigenvalue weighted by molar-refractivity contribution is -0.674. The summed E-state index contributed by atoms with van der Waals surface area (Å²) in [6, 6.07) is 8.95. The highest BCUT2D eigenvalue weighted by atomic mass is 16.2. The van der Waals surface area contributed by atoms with Crippen molar-refractivity contribution in [2.75, 3.05) is 11.4 Å². The lowest BCUT2D eigenvalue weighted by atomic mass is 9.97. The van der Waals surface area contributed by atoms with Crippen LogP contribution >= 0.6 is 0 Å². The molecule has 0 unspecified atom stereocenters. The van der Waals surface area contributed by atoms with Crippen molar-refractivity contribution in [3.8, 4) is 0 Å². The molecule has 116 valence electrons. The van der Waals surface area contributed by atoms with Gasteiger partial charge in [-0.3, -0.25) is 9.59 Å². The van der Waals surface area contributed by atoms with Crippen molar-refractivity contribution >= 4 is 17.5 Å². The van der Waals surface area contributed by atoms with Crippen LogP contribution in [0.25, 0.3) is 0 Å². The standard InChI is InChI=1S/C18H22N2O2/c21-17-13-16(19-12-11-14-7-3-1-4-8-14)18(22)20(17)15-9-5-2-6-10-15/h2,5-7,9-10,16,19H,1,3-4,8,11-13H2/p+1/t16-/m0/s1. The van der Waals surface area contributed by atoms with Crippen LogP contribution < -0.4 is 10.2 Å². The SMILES string of the molecule is O=C1C[C@H]([NH2+]CCC2=CCCCC2)C(=O)N1c1ccccc1. The fourth-order valence-corrected chi connectivity index (χ4v) is 3.29. The molecular formula is C18H23N2O2+. The Kier molecular flexibility index (Phi) is 4.68. The molecule has 1 heterocycles. The highest BCUT2D eigenvalue weighted by Gasteiger charge is 2.41. The molecule has 1 saturated heterocycles. The van der Waals surface area contributed by atoms with Crippen molar-refractivity contribution in [2.45, 2.75) is 44.6 Å². The summed E-state index contributed by atoms with van der Waals surface area (Å²) in [5.41, 5.74) is 2.20. The molecule has 3 rings (SSSR count). The Morgan fingerprint density at radius 2 is 1.95 bits per heavy atom. The van der Waals surface area contributed by atoms with E-state index in [0.717, 1.165) is 13.0 Å². The van der Waals surface area contributed by atoms with Gasteiger partial charge < -0.3 is 5.32 Å². The largest absolute Gasteiger partial charge is 0.335 e. The fraction of sp³-hybridized carbons (Fsp3) is 0.444. The van der Waals surface area contributed by atoms with Gasteiger partial charge in [-0.2, -0.15) is 0 Å². The number of anilines is 1. The molecule has 4 nitrogen and oxygen atoms in total. The van der Waals surface area contributed by atoms with Crippen LogP contribution in [0.4, 0.5) is 5.69 Å². The van der Waals surface area contributed by atoms with Gasteiger partial charge in [0, 0.05) is 6.42 Å². The molecule has 0 bridgehead atoms. The number of hydrogen-bond donors (Lipinski definition) is 1. The molecule has 4 heteroatoms. The normalized spacial score (nSPS) is 22.1. The van der Waals surface area contributed by atoms with E-state index < -0.39 is 0 Å². The van der Waals surface area contributed by atoms with Gasteiger partial charge in [0.15, 0.2) is 6.04 Å². The predicted octanol–water partition coefficient (Wildman–Crippen LogP) is 1.77. The van der Waals surface area contributed by atoms with E-state index in [9.17, 15) is 9.59 Å². The van der Waals surface area contributed by atoms with Gasteiger partial charge >= 0.3 is 0 Å². The monoisotopic (exact) mass is 299 g/mol. The number of imide groups is 1. The van der Waals surface area contributed by atoms with Gasteiger partial charge in [0.05, 0.1) is 18.7 Å². The first-order valence-corrected chi connectivity index (χ1v) is 8.19. The van der Waals surface area contributed by atoms with Gasteiger partial charge in [0.2, 0.25) is 5.91 Å². The smallest absolute Gasteiger partial charge is 0.292 e. The van der Waals surface area contributed by atoms with E-state index >= 15 is 0 Å². The minimum atomic E-state index is -0.253. The van der Waals surface area contributed by atoms with Crippen LogP contribution in [-0.4, -0.2) is 24.4 Å². The molecule has 22 heavy (non-hydrogen) atoms. The third-order valence-electron chi connectivity index (χ3n) is 4.50. The van der Waals surface area contributed by atoms with Gasteiger partial charge in [0.1, 0.15) is 0 Å². The van der Waals surface area contributed by atoms with Gasteiger partial charge in [-0.15, -0.1) is 0 Å². The Labute approximate surface area is 131 Å². The first kappa shape index (κ1) is 15.0. The van der Waals surface area contributed by atoms with Crippen molar-refractivity contribution < 1.29 is 14.9 Å². The second-order valence-electron chi connectivity index (χ2n) is 6.10. The Bertz CT molecular complexity index is 580. The van der Waals surface area contributed by atoms with Gasteiger partial charge in [-0.05, 0) is 37.8 Å². The Balaban J connectivity index is 1.56. The van der Waals surface area contributed by atoms with E-state index in [-0.39, 0.29) is 17.9 Å². The van der Waals surface area contributed by atoms with E-state index in [0.29, 0.717) is 12.1 Å². The number of hydrogen-bond acceptors (Lipinski definition) is 2. The molecule has 2 amide bonds. The van der Waals surface area contributed by atoms with Crippen LogP contribution in [0, 0.1) is 0 Å². The van der Waals surface area contributed by atoms with Crippen LogP contribution in [0.3, 0.4) is 0 Å². The van der Waals surface area contributed by atoms with E-state index in [1.807, 2.05) is 35.6 Å². The van der Waals surface area contributed by atoms with E-state index in [4.69, 9.17) is 0 Å². The third kappa shape index (κ3) is 3.28. The van der Waals surface area contributed by atoms with Crippen molar-refractivity contribution in [3.63, 3.8) is 0 Å². The Morgan fingerprint density at radius 1 is 1.14 bits per heavy atom. The summed E-state index contributed by atoms with van der Waals surface area (Å²) in [6.07, 6.45) is 8.66. The van der Waals surface area contributed by atoms with Crippen LogP contribution in [-0.2, 0) is 9.59 Å². The van der Waals surface area contributed by atoms with E-state index in [1.165, 1.54) is 36.2 Å². The molecule has 1 atom stereocenters. The van der Waals surface area contributed by atoms with Crippen molar-refractivity contribution in [2.24, 2.45) is 0 Å². The summed E-state index contributed by atoms with van der Waals surface area (Å²) < 4.78 is 0. The summed E-state index contributed by atoms with van der Waals surface area (Å²) in [5.74, 6) is -0.164. The minimum absolute atomic E-state index is 0.0752. The molecular weight excluding hydrogens is 276 g/mol. The molecule has 0 radical (unpaired) electrons. The number of para-hydroxylation sites is 1. The zero-order valence-corrected chi connectivity index (χ0v) is 12.8. The van der Waals surface area contributed by atoms with Gasteiger partial charge in [0.25, 0.3) is 5.91 Å². The number of carbonyl (C=O) groups excluding carboxylic acids is 2. The fourth-order valence-electron chi connectivity index (χ4n) is 3.29. The summed E-state index contributed by atoms with van der Waals surface area (Å²) in [5, 5.41) is 2.04. The summed E-state index contributed by atoms with van der Waals surface area (Å²) >= 11 is 0. The zero-order valence-electron chi connectivity index (χ0n) is 12.8. The molecule has 1 aliphatic carbocycles. The topological polar surface area (TPSA) is 54.0 Å². The summed E-state index contributed by atoms with van der Waals surface area (Å²) in [6.45, 7) is 0.887. The van der Waals surface area contributed by atoms with Gasteiger partial charge in [-0.1, -0.05) is 29.8 Å². The lowest BCUT2D eigenvalue weighted by Gasteiger charge is -2.15. The van der Waals surface area contributed by atoms with Crippen molar-refractivity contribution in [1.29, 1.82) is 0 Å². The maximum absolute atomic E-state index is 12.5. The van der Waals surface area contributed by atoms with Gasteiger partial charge in [-0.25, -0.2) is 4.90 Å². The first-order chi connectivity index (χ1) is 10.8. The lowest BCUT2D eigenvalue weighted by Crippen LogP contribution is -2.91. The number of allylic oxidation sites excluding steroid dienone is 1. The number of nitrogens with two attached hydrogens (primary N) is 1. The number of nitrogens with zero attached hydrogens (tertiary/aromatic N) is 1. The number of carbonyl (C=O) groups is 2. The average Bonchev–Trinajstić information content (AvgIpc) is 2.83. The maximum atomic E-state index is 12.5. The van der Waals surface area contributed by atoms with Crippen molar-refractivity contribution in [3.05, 3.63) is 42.0 Å². The number of amides is 2. The number of benzene rings is 1. The summed E-state index contributed by atoms with van der Waals surface area (Å²) in [7, 11) is 0. The molecule has 1 aliphatic heterocycles. The second-order valence-corrected chi connectivity index (χ2v) is 6.10. The quantitative estimate of drug-likeness (QED) is 0.665. The van der Waals surface area contributed by atoms with Crippen LogP contribution in [0.2, 0.25) is 0 Å². The predicted molar refractivity (Wildman–Crippen MR) is 85.3 cm³/mol. The third-order valence-corrected chi connectivity index (χ3v) is 4.50. The van der Waals surface area contributed by atoms with Crippen LogP contribution in [0.1, 0.15) is 38.5 Å². The van der Waals surface area contributed by atoms with Crippen LogP contribution in [0.5, 0.6) is 0 Å². The van der Waals surface area contributed by atoms with E-state index in [2.05, 4.69) is 6.08 Å². The molecule has 0 saturated carbocycles. The zero-order chi connectivity index (χ0) is 15.4. The Hall–Kier alpha value is -1.94. The second kappa shape index (κ2) is 6.88. The molecule has 2 N–H and O–H groups in total. The molecule has 1 aromatic carbocycles. The maximum Gasteiger partial charge on any atom is 0.292 e. The van der Waals surface area contributed by atoms with Crippen LogP contribution in [0.15, 0.2) is 42.0 Å². The highest BCUT2D eigenvalue weighted by molar-refractivity contribution is 6.21. The summed E-state index contributed by atoms with van der Waals surface area (Å²) in [4.78, 5) is 25.9. The molecule has 2 aliphatic rings. The molecule has 0 spiro atoms. The minimum Gasteiger partial charge on any atom is -0.335 e.